The van der Waals surface area contributed by atoms with E-state index in [1.165, 1.54) is 6.20 Å². The number of nitrogens with two attached hydrogens (primary N) is 1. The maximum Gasteiger partial charge on any atom is 0.269 e. The van der Waals surface area contributed by atoms with Crippen molar-refractivity contribution in [1.29, 1.82) is 0 Å². The largest absolute Gasteiger partial charge is 0.389 e. The summed E-state index contributed by atoms with van der Waals surface area (Å²) in [7, 11) is 1.62. The second kappa shape index (κ2) is 6.93. The van der Waals surface area contributed by atoms with Crippen LogP contribution in [0.1, 0.15) is 22.5 Å². The van der Waals surface area contributed by atoms with Crippen molar-refractivity contribution in [3.8, 4) is 0 Å². The topological polar surface area (TPSA) is 77.2 Å². The average molecular weight is 253 g/mol. The molecule has 1 aromatic heterocycles. The lowest BCUT2D eigenvalue weighted by Crippen LogP contribution is -2.26. The first-order valence-electron chi connectivity index (χ1n) is 5.18. The zero-order chi connectivity index (χ0) is 12.7. The van der Waals surface area contributed by atoms with E-state index in [1.807, 2.05) is 0 Å². The van der Waals surface area contributed by atoms with Gasteiger partial charge < -0.3 is 15.8 Å². The molecule has 0 aliphatic heterocycles. The normalized spacial score (nSPS) is 9.94. The van der Waals surface area contributed by atoms with E-state index in [0.29, 0.717) is 24.4 Å². The highest BCUT2D eigenvalue weighted by Crippen LogP contribution is 2.00. The number of thiocarbonyl (C=S) groups is 1. The van der Waals surface area contributed by atoms with Gasteiger partial charge in [0.15, 0.2) is 0 Å². The first-order chi connectivity index (χ1) is 8.15. The van der Waals surface area contributed by atoms with Crippen molar-refractivity contribution in [3.63, 3.8) is 0 Å². The molecule has 1 heterocycles. The van der Waals surface area contributed by atoms with Crippen LogP contribution in [-0.4, -0.2) is 36.1 Å². The third kappa shape index (κ3) is 4.46. The monoisotopic (exact) mass is 253 g/mol. The fourth-order valence-corrected chi connectivity index (χ4v) is 1.30. The summed E-state index contributed by atoms with van der Waals surface area (Å²) in [6, 6.07) is 3.28. The molecule has 0 bridgehead atoms. The molecular formula is C11H15N3O2S. The molecule has 5 nitrogen and oxygen atoms in total. The number of carbonyl (C=O) groups excluding carboxylic acids is 1. The lowest BCUT2D eigenvalue weighted by atomic mass is 10.2. The number of nitrogens with one attached hydrogen (secondary N) is 1. The zero-order valence-electron chi connectivity index (χ0n) is 9.60. The van der Waals surface area contributed by atoms with Gasteiger partial charge in [0.05, 0.1) is 0 Å². The molecule has 0 radical (unpaired) electrons. The number of ether oxygens (including phenoxy) is 1. The molecule has 0 aliphatic carbocycles. The highest BCUT2D eigenvalue weighted by atomic mass is 32.1. The van der Waals surface area contributed by atoms with E-state index in [9.17, 15) is 4.79 Å². The summed E-state index contributed by atoms with van der Waals surface area (Å²) in [5, 5.41) is 2.74. The lowest BCUT2D eigenvalue weighted by Gasteiger charge is -2.04. The Labute approximate surface area is 105 Å². The third-order valence-electron chi connectivity index (χ3n) is 2.09. The molecule has 6 heteroatoms. The second-order valence-corrected chi connectivity index (χ2v) is 3.84. The highest BCUT2D eigenvalue weighted by Gasteiger charge is 2.06. The van der Waals surface area contributed by atoms with Gasteiger partial charge >= 0.3 is 0 Å². The van der Waals surface area contributed by atoms with E-state index in [4.69, 9.17) is 22.7 Å². The van der Waals surface area contributed by atoms with E-state index >= 15 is 0 Å². The Morgan fingerprint density at radius 1 is 1.59 bits per heavy atom. The number of carbonyl (C=O) groups is 1. The maximum absolute atomic E-state index is 11.6. The minimum atomic E-state index is -0.212. The molecule has 0 unspecified atom stereocenters. The van der Waals surface area contributed by atoms with Crippen molar-refractivity contribution in [2.45, 2.75) is 6.42 Å². The molecule has 1 aromatic rings. The standard InChI is InChI=1S/C11H15N3O2S/c1-16-6-2-5-13-11(15)9-4-3-8(7-14-9)10(12)17/h3-4,7H,2,5-6H2,1H3,(H2,12,17)(H,13,15). The summed E-state index contributed by atoms with van der Waals surface area (Å²) in [6.45, 7) is 1.18. The molecule has 1 rings (SSSR count). The van der Waals surface area contributed by atoms with Crippen molar-refractivity contribution in [3.05, 3.63) is 29.6 Å². The molecule has 0 aliphatic rings. The first-order valence-corrected chi connectivity index (χ1v) is 5.59. The number of hydrogen-bond acceptors (Lipinski definition) is 4. The fraction of sp³-hybridized carbons (Fsp3) is 0.364. The van der Waals surface area contributed by atoms with Crippen LogP contribution in [-0.2, 0) is 4.74 Å². The Balaban J connectivity index is 2.49. The summed E-state index contributed by atoms with van der Waals surface area (Å²) in [5.74, 6) is -0.212. The first kappa shape index (κ1) is 13.5. The molecule has 0 spiro atoms. The molecule has 0 atom stereocenters. The van der Waals surface area contributed by atoms with Crippen LogP contribution in [0.25, 0.3) is 0 Å². The van der Waals surface area contributed by atoms with Crippen molar-refractivity contribution in [2.75, 3.05) is 20.3 Å². The molecule has 0 saturated carbocycles. The fourth-order valence-electron chi connectivity index (χ4n) is 1.18. The Kier molecular flexibility index (Phi) is 5.51. The van der Waals surface area contributed by atoms with Gasteiger partial charge in [-0.25, -0.2) is 0 Å². The Bertz CT molecular complexity index is 392. The summed E-state index contributed by atoms with van der Waals surface area (Å²) in [5.41, 5.74) is 6.43. The lowest BCUT2D eigenvalue weighted by molar-refractivity contribution is 0.0943. The van der Waals surface area contributed by atoms with Gasteiger partial charge in [-0.05, 0) is 18.6 Å². The minimum absolute atomic E-state index is 0.212. The maximum atomic E-state index is 11.6. The number of aromatic nitrogens is 1. The number of pyridine rings is 1. The van der Waals surface area contributed by atoms with Crippen LogP contribution in [0.3, 0.4) is 0 Å². The Morgan fingerprint density at radius 3 is 2.88 bits per heavy atom. The van der Waals surface area contributed by atoms with E-state index < -0.39 is 0 Å². The van der Waals surface area contributed by atoms with E-state index in [0.717, 1.165) is 6.42 Å². The summed E-state index contributed by atoms with van der Waals surface area (Å²) in [6.07, 6.45) is 2.26. The van der Waals surface area contributed by atoms with Gasteiger partial charge in [-0.1, -0.05) is 12.2 Å². The molecule has 17 heavy (non-hydrogen) atoms. The van der Waals surface area contributed by atoms with E-state index in [1.54, 1.807) is 19.2 Å². The molecule has 0 aromatic carbocycles. The van der Waals surface area contributed by atoms with Gasteiger partial charge in [0.1, 0.15) is 10.7 Å². The number of rotatable bonds is 6. The van der Waals surface area contributed by atoms with Crippen molar-refractivity contribution in [1.82, 2.24) is 10.3 Å². The second-order valence-electron chi connectivity index (χ2n) is 3.40. The summed E-state index contributed by atoms with van der Waals surface area (Å²) in [4.78, 5) is 15.9. The Morgan fingerprint density at radius 2 is 2.35 bits per heavy atom. The zero-order valence-corrected chi connectivity index (χ0v) is 10.4. The number of hydrogen-bond donors (Lipinski definition) is 2. The Hall–Kier alpha value is -1.53. The minimum Gasteiger partial charge on any atom is -0.389 e. The van der Waals surface area contributed by atoms with Crippen LogP contribution >= 0.6 is 12.2 Å². The molecule has 1 amide bonds. The predicted octanol–water partition coefficient (Wildman–Crippen LogP) is 0.482. The number of nitrogens with zero attached hydrogens (tertiary/aromatic N) is 1. The van der Waals surface area contributed by atoms with Crippen LogP contribution in [0.5, 0.6) is 0 Å². The highest BCUT2D eigenvalue weighted by molar-refractivity contribution is 7.80. The summed E-state index contributed by atoms with van der Waals surface area (Å²) < 4.78 is 4.88. The molecule has 3 N–H and O–H groups in total. The average Bonchev–Trinajstić information content (AvgIpc) is 2.34. The number of methoxy groups -OCH3 is 1. The van der Waals surface area contributed by atoms with Crippen molar-refractivity contribution < 1.29 is 9.53 Å². The quantitative estimate of drug-likeness (QED) is 0.569. The molecule has 0 fully saturated rings. The van der Waals surface area contributed by atoms with Gasteiger partial charge in [0.25, 0.3) is 5.91 Å². The van der Waals surface area contributed by atoms with Gasteiger partial charge in [-0.3, -0.25) is 9.78 Å². The summed E-state index contributed by atoms with van der Waals surface area (Å²) >= 11 is 4.79. The molecular weight excluding hydrogens is 238 g/mol. The van der Waals surface area contributed by atoms with E-state index in [2.05, 4.69) is 10.3 Å². The van der Waals surface area contributed by atoms with Crippen molar-refractivity contribution >= 4 is 23.1 Å². The van der Waals surface area contributed by atoms with Gasteiger partial charge in [-0.15, -0.1) is 0 Å². The predicted molar refractivity (Wildman–Crippen MR) is 69.0 cm³/mol. The smallest absolute Gasteiger partial charge is 0.269 e. The van der Waals surface area contributed by atoms with Crippen LogP contribution in [0.4, 0.5) is 0 Å². The van der Waals surface area contributed by atoms with Crippen LogP contribution in [0.15, 0.2) is 18.3 Å². The number of amides is 1. The third-order valence-corrected chi connectivity index (χ3v) is 2.33. The SMILES string of the molecule is COCCCNC(=O)c1ccc(C(N)=S)cn1. The molecule has 0 saturated heterocycles. The molecule has 92 valence electrons. The van der Waals surface area contributed by atoms with Gasteiger partial charge in [0, 0.05) is 32.0 Å². The van der Waals surface area contributed by atoms with Crippen LogP contribution in [0.2, 0.25) is 0 Å². The van der Waals surface area contributed by atoms with Crippen LogP contribution in [0, 0.1) is 0 Å². The van der Waals surface area contributed by atoms with Crippen LogP contribution < -0.4 is 11.1 Å². The van der Waals surface area contributed by atoms with E-state index in [-0.39, 0.29) is 10.9 Å². The van der Waals surface area contributed by atoms with Gasteiger partial charge in [0.2, 0.25) is 0 Å². The van der Waals surface area contributed by atoms with Crippen molar-refractivity contribution in [2.24, 2.45) is 5.73 Å². The van der Waals surface area contributed by atoms with Gasteiger partial charge in [-0.2, -0.15) is 0 Å².